The number of hydrogen-bond acceptors (Lipinski definition) is 4. The van der Waals surface area contributed by atoms with Crippen molar-refractivity contribution in [2.75, 3.05) is 0 Å². The van der Waals surface area contributed by atoms with E-state index in [4.69, 9.17) is 11.6 Å². The minimum atomic E-state index is 0.195. The smallest absolute Gasteiger partial charge is 0.225 e. The summed E-state index contributed by atoms with van der Waals surface area (Å²) >= 11 is 5.89. The molecule has 3 heterocycles. The van der Waals surface area contributed by atoms with Gasteiger partial charge in [-0.1, -0.05) is 0 Å². The highest BCUT2D eigenvalue weighted by Crippen LogP contribution is 2.25. The van der Waals surface area contributed by atoms with Gasteiger partial charge in [0.2, 0.25) is 5.28 Å². The Bertz CT molecular complexity index is 670. The summed E-state index contributed by atoms with van der Waals surface area (Å²) in [6.07, 6.45) is 3.43. The summed E-state index contributed by atoms with van der Waals surface area (Å²) in [6, 6.07) is 1.90. The van der Waals surface area contributed by atoms with E-state index in [1.165, 1.54) is 0 Å². The number of aromatic nitrogens is 6. The fourth-order valence-corrected chi connectivity index (χ4v) is 1.96. The number of nitrogens with zero attached hydrogens (tertiary/aromatic N) is 5. The topological polar surface area (TPSA) is 72.3 Å². The normalized spacial score (nSPS) is 11.2. The number of nitrogens with one attached hydrogen (secondary N) is 1. The van der Waals surface area contributed by atoms with Gasteiger partial charge in [0.1, 0.15) is 5.69 Å². The van der Waals surface area contributed by atoms with E-state index in [0.717, 1.165) is 23.3 Å². The highest BCUT2D eigenvalue weighted by Gasteiger charge is 2.13. The van der Waals surface area contributed by atoms with Gasteiger partial charge in [0.05, 0.1) is 17.3 Å². The standard InChI is InChI=1S/C10H9ClN6/c1-2-17-7(3-4-13-17)8-6-5-12-16-9(6)15-10(11)14-8/h3-5H,2H2,1H3,(H,12,14,15,16). The summed E-state index contributed by atoms with van der Waals surface area (Å²) in [7, 11) is 0. The molecule has 3 rings (SSSR count). The van der Waals surface area contributed by atoms with Crippen molar-refractivity contribution in [1.82, 2.24) is 29.9 Å². The van der Waals surface area contributed by atoms with Gasteiger partial charge in [-0.25, -0.2) is 4.98 Å². The van der Waals surface area contributed by atoms with E-state index in [-0.39, 0.29) is 5.28 Å². The molecule has 1 N–H and O–H groups in total. The summed E-state index contributed by atoms with van der Waals surface area (Å²) in [5, 5.41) is 12.0. The molecule has 0 aliphatic carbocycles. The molecule has 0 atom stereocenters. The van der Waals surface area contributed by atoms with Crippen LogP contribution in [0.2, 0.25) is 5.28 Å². The molecule has 3 aromatic heterocycles. The monoisotopic (exact) mass is 248 g/mol. The SMILES string of the molecule is CCn1nccc1-c1nc(Cl)nc2[nH]ncc12. The minimum Gasteiger partial charge on any atom is -0.264 e. The number of rotatable bonds is 2. The van der Waals surface area contributed by atoms with Gasteiger partial charge in [0.25, 0.3) is 0 Å². The molecular formula is C10H9ClN6. The number of fused-ring (bicyclic) bond motifs is 1. The van der Waals surface area contributed by atoms with Crippen molar-refractivity contribution < 1.29 is 0 Å². The molecule has 0 amide bonds. The van der Waals surface area contributed by atoms with Crippen molar-refractivity contribution in [3.63, 3.8) is 0 Å². The zero-order valence-corrected chi connectivity index (χ0v) is 9.81. The van der Waals surface area contributed by atoms with E-state index in [9.17, 15) is 0 Å². The van der Waals surface area contributed by atoms with Crippen LogP contribution in [0, 0.1) is 0 Å². The summed E-state index contributed by atoms with van der Waals surface area (Å²) in [5.41, 5.74) is 2.28. The molecule has 0 radical (unpaired) electrons. The van der Waals surface area contributed by atoms with E-state index in [0.29, 0.717) is 5.65 Å². The quantitative estimate of drug-likeness (QED) is 0.703. The van der Waals surface area contributed by atoms with Crippen molar-refractivity contribution in [2.24, 2.45) is 0 Å². The van der Waals surface area contributed by atoms with Crippen LogP contribution in [-0.4, -0.2) is 29.9 Å². The molecule has 0 unspecified atom stereocenters. The Hall–Kier alpha value is -1.95. The first-order valence-corrected chi connectivity index (χ1v) is 5.56. The Morgan fingerprint density at radius 2 is 2.29 bits per heavy atom. The Morgan fingerprint density at radius 3 is 3.12 bits per heavy atom. The zero-order valence-electron chi connectivity index (χ0n) is 9.05. The Morgan fingerprint density at radius 1 is 1.41 bits per heavy atom. The summed E-state index contributed by atoms with van der Waals surface area (Å²) < 4.78 is 1.85. The lowest BCUT2D eigenvalue weighted by atomic mass is 10.2. The van der Waals surface area contributed by atoms with E-state index < -0.39 is 0 Å². The molecule has 6 nitrogen and oxygen atoms in total. The average molecular weight is 249 g/mol. The third kappa shape index (κ3) is 1.57. The summed E-state index contributed by atoms with van der Waals surface area (Å²) in [5.74, 6) is 0. The lowest BCUT2D eigenvalue weighted by molar-refractivity contribution is 0.666. The van der Waals surface area contributed by atoms with Crippen molar-refractivity contribution >= 4 is 22.6 Å². The average Bonchev–Trinajstić information content (AvgIpc) is 2.95. The predicted molar refractivity (Wildman–Crippen MR) is 63.6 cm³/mol. The number of H-pyrrole nitrogens is 1. The zero-order chi connectivity index (χ0) is 11.8. The van der Waals surface area contributed by atoms with E-state index in [1.54, 1.807) is 12.4 Å². The first kappa shape index (κ1) is 10.2. The molecule has 0 aliphatic heterocycles. The van der Waals surface area contributed by atoms with Gasteiger partial charge in [0.15, 0.2) is 5.65 Å². The van der Waals surface area contributed by atoms with Gasteiger partial charge in [-0.05, 0) is 24.6 Å². The number of hydrogen-bond donors (Lipinski definition) is 1. The van der Waals surface area contributed by atoms with Gasteiger partial charge >= 0.3 is 0 Å². The van der Waals surface area contributed by atoms with Crippen LogP contribution in [0.1, 0.15) is 6.92 Å². The third-order valence-electron chi connectivity index (χ3n) is 2.54. The predicted octanol–water partition coefficient (Wildman–Crippen LogP) is 1.89. The van der Waals surface area contributed by atoms with Gasteiger partial charge in [-0.15, -0.1) is 0 Å². The highest BCUT2D eigenvalue weighted by molar-refractivity contribution is 6.28. The molecule has 0 bridgehead atoms. The van der Waals surface area contributed by atoms with Gasteiger partial charge in [-0.3, -0.25) is 9.78 Å². The van der Waals surface area contributed by atoms with Crippen LogP contribution in [0.5, 0.6) is 0 Å². The molecule has 0 aliphatic rings. The molecule has 0 spiro atoms. The second-order valence-electron chi connectivity index (χ2n) is 3.51. The molecule has 0 aromatic carbocycles. The van der Waals surface area contributed by atoms with Crippen LogP contribution in [-0.2, 0) is 6.54 Å². The van der Waals surface area contributed by atoms with Crippen LogP contribution in [0.15, 0.2) is 18.5 Å². The lowest BCUT2D eigenvalue weighted by Crippen LogP contribution is -2.01. The molecule has 7 heteroatoms. The van der Waals surface area contributed by atoms with Crippen LogP contribution in [0.3, 0.4) is 0 Å². The Balaban J connectivity index is 2.32. The Kier molecular flexibility index (Phi) is 2.29. The largest absolute Gasteiger partial charge is 0.264 e. The fourth-order valence-electron chi connectivity index (χ4n) is 1.79. The van der Waals surface area contributed by atoms with Crippen LogP contribution in [0.25, 0.3) is 22.4 Å². The van der Waals surface area contributed by atoms with Gasteiger partial charge in [0, 0.05) is 12.7 Å². The van der Waals surface area contributed by atoms with Crippen molar-refractivity contribution in [3.8, 4) is 11.4 Å². The number of aromatic amines is 1. The second kappa shape index (κ2) is 3.81. The first-order valence-electron chi connectivity index (χ1n) is 5.18. The van der Waals surface area contributed by atoms with Crippen molar-refractivity contribution in [3.05, 3.63) is 23.7 Å². The van der Waals surface area contributed by atoms with Gasteiger partial charge in [-0.2, -0.15) is 15.2 Å². The van der Waals surface area contributed by atoms with Crippen LogP contribution in [0.4, 0.5) is 0 Å². The molecule has 0 fully saturated rings. The van der Waals surface area contributed by atoms with Gasteiger partial charge < -0.3 is 0 Å². The molecule has 0 saturated heterocycles. The lowest BCUT2D eigenvalue weighted by Gasteiger charge is -2.04. The third-order valence-corrected chi connectivity index (χ3v) is 2.71. The van der Waals surface area contributed by atoms with Crippen LogP contribution >= 0.6 is 11.6 Å². The van der Waals surface area contributed by atoms with Crippen molar-refractivity contribution in [1.29, 1.82) is 0 Å². The number of aryl methyl sites for hydroxylation is 1. The summed E-state index contributed by atoms with van der Waals surface area (Å²) in [6.45, 7) is 2.79. The minimum absolute atomic E-state index is 0.195. The van der Waals surface area contributed by atoms with E-state index in [1.807, 2.05) is 17.7 Å². The van der Waals surface area contributed by atoms with Crippen molar-refractivity contribution in [2.45, 2.75) is 13.5 Å². The second-order valence-corrected chi connectivity index (χ2v) is 3.84. The molecule has 3 aromatic rings. The number of halogens is 1. The molecule has 0 saturated carbocycles. The molecule has 17 heavy (non-hydrogen) atoms. The maximum Gasteiger partial charge on any atom is 0.225 e. The fraction of sp³-hybridized carbons (Fsp3) is 0.200. The van der Waals surface area contributed by atoms with E-state index in [2.05, 4.69) is 25.3 Å². The highest BCUT2D eigenvalue weighted by atomic mass is 35.5. The van der Waals surface area contributed by atoms with Crippen LogP contribution < -0.4 is 0 Å². The van der Waals surface area contributed by atoms with E-state index >= 15 is 0 Å². The maximum atomic E-state index is 5.89. The summed E-state index contributed by atoms with van der Waals surface area (Å²) in [4.78, 5) is 8.33. The maximum absolute atomic E-state index is 5.89. The Labute approximate surface area is 102 Å². The molecular weight excluding hydrogens is 240 g/mol. The first-order chi connectivity index (χ1) is 8.29. The molecule has 86 valence electrons.